The summed E-state index contributed by atoms with van der Waals surface area (Å²) in [5.74, 6) is -0.104. The monoisotopic (exact) mass is 232 g/mol. The third kappa shape index (κ3) is 2.41. The van der Waals surface area contributed by atoms with Gasteiger partial charge in [0, 0.05) is 5.56 Å². The van der Waals surface area contributed by atoms with Crippen molar-refractivity contribution in [2.45, 2.75) is 19.8 Å². The van der Waals surface area contributed by atoms with Gasteiger partial charge < -0.3 is 4.98 Å². The van der Waals surface area contributed by atoms with Crippen molar-refractivity contribution >= 4 is 0 Å². The van der Waals surface area contributed by atoms with E-state index in [1.54, 1.807) is 12.1 Å². The van der Waals surface area contributed by atoms with E-state index in [0.29, 0.717) is 11.5 Å². The fourth-order valence-electron chi connectivity index (χ4n) is 1.62. The summed E-state index contributed by atoms with van der Waals surface area (Å²) in [6.07, 6.45) is 0.935. The molecule has 0 bridgehead atoms. The molecule has 17 heavy (non-hydrogen) atoms. The highest BCUT2D eigenvalue weighted by Gasteiger charge is 2.07. The lowest BCUT2D eigenvalue weighted by molar-refractivity contribution is 0.615. The molecule has 3 nitrogen and oxygen atoms in total. The number of aromatic amines is 1. The number of halogens is 1. The molecule has 0 spiro atoms. The first-order chi connectivity index (χ1) is 8.08. The molecule has 88 valence electrons. The summed E-state index contributed by atoms with van der Waals surface area (Å²) in [5.41, 5.74) is 1.45. The molecule has 0 aliphatic rings. The van der Waals surface area contributed by atoms with Crippen molar-refractivity contribution in [3.8, 4) is 11.3 Å². The summed E-state index contributed by atoms with van der Waals surface area (Å²) < 4.78 is 13.5. The molecular weight excluding hydrogens is 219 g/mol. The van der Waals surface area contributed by atoms with Gasteiger partial charge >= 0.3 is 5.69 Å². The van der Waals surface area contributed by atoms with Crippen molar-refractivity contribution in [2.24, 2.45) is 0 Å². The van der Waals surface area contributed by atoms with Crippen molar-refractivity contribution < 1.29 is 4.39 Å². The van der Waals surface area contributed by atoms with Crippen LogP contribution in [0, 0.1) is 5.82 Å². The Labute approximate surface area is 98.3 Å². The summed E-state index contributed by atoms with van der Waals surface area (Å²) in [5, 5.41) is 0. The molecule has 0 aliphatic carbocycles. The van der Waals surface area contributed by atoms with Crippen LogP contribution in [0.2, 0.25) is 0 Å². The van der Waals surface area contributed by atoms with Gasteiger partial charge in [-0.25, -0.2) is 9.18 Å². The van der Waals surface area contributed by atoms with Crippen LogP contribution in [0.1, 0.15) is 25.3 Å². The number of aromatic nitrogens is 2. The van der Waals surface area contributed by atoms with Gasteiger partial charge in [0.15, 0.2) is 5.82 Å². The summed E-state index contributed by atoms with van der Waals surface area (Å²) in [4.78, 5) is 16.8. The molecule has 0 aliphatic heterocycles. The Hall–Kier alpha value is -1.97. The number of nitrogens with zero attached hydrogens (tertiary/aromatic N) is 1. The third-order valence-corrected chi connectivity index (χ3v) is 2.63. The van der Waals surface area contributed by atoms with E-state index in [1.165, 1.54) is 5.56 Å². The summed E-state index contributed by atoms with van der Waals surface area (Å²) in [7, 11) is 0. The molecule has 2 aromatic rings. The molecule has 4 heteroatoms. The Balaban J connectivity index is 2.46. The highest BCUT2D eigenvalue weighted by molar-refractivity contribution is 5.59. The van der Waals surface area contributed by atoms with Crippen LogP contribution in [0.5, 0.6) is 0 Å². The first-order valence-corrected chi connectivity index (χ1v) is 5.43. The fraction of sp³-hybridized carbons (Fsp3) is 0.231. The van der Waals surface area contributed by atoms with Crippen LogP contribution in [0.4, 0.5) is 4.39 Å². The standard InChI is InChI=1S/C13H13FN2O/c1-8(2)9-3-5-10(6-4-9)12-11(14)7-15-13(17)16-12/h3-8H,1-2H3,(H,15,16,17). The minimum atomic E-state index is -0.547. The second kappa shape index (κ2) is 4.49. The summed E-state index contributed by atoms with van der Waals surface area (Å²) >= 11 is 0. The number of rotatable bonds is 2. The zero-order valence-electron chi connectivity index (χ0n) is 9.70. The van der Waals surface area contributed by atoms with Crippen molar-refractivity contribution in [3.63, 3.8) is 0 Å². The molecule has 1 aromatic carbocycles. The van der Waals surface area contributed by atoms with E-state index in [4.69, 9.17) is 0 Å². The van der Waals surface area contributed by atoms with E-state index in [-0.39, 0.29) is 5.69 Å². The SMILES string of the molecule is CC(C)c1ccc(-c2[nH]c(=O)ncc2F)cc1. The average Bonchev–Trinajstić information content (AvgIpc) is 2.32. The molecule has 0 atom stereocenters. The van der Waals surface area contributed by atoms with Gasteiger partial charge in [0.05, 0.1) is 11.9 Å². The average molecular weight is 232 g/mol. The molecule has 0 saturated carbocycles. The zero-order valence-corrected chi connectivity index (χ0v) is 9.70. The lowest BCUT2D eigenvalue weighted by Gasteiger charge is -2.07. The number of nitrogens with one attached hydrogen (secondary N) is 1. The van der Waals surface area contributed by atoms with Crippen molar-refractivity contribution in [3.05, 3.63) is 52.3 Å². The maximum atomic E-state index is 13.5. The van der Waals surface area contributed by atoms with Gasteiger partial charge in [-0.2, -0.15) is 4.98 Å². The topological polar surface area (TPSA) is 45.8 Å². The van der Waals surface area contributed by atoms with E-state index in [9.17, 15) is 9.18 Å². The minimum absolute atomic E-state index is 0.181. The first-order valence-electron chi connectivity index (χ1n) is 5.43. The van der Waals surface area contributed by atoms with Gasteiger partial charge in [0.2, 0.25) is 0 Å². The van der Waals surface area contributed by atoms with Crippen LogP contribution in [0.25, 0.3) is 11.3 Å². The summed E-state index contributed by atoms with van der Waals surface area (Å²) in [6, 6.07) is 7.45. The first kappa shape index (κ1) is 11.5. The minimum Gasteiger partial charge on any atom is -0.303 e. The van der Waals surface area contributed by atoms with Gasteiger partial charge in [0.25, 0.3) is 0 Å². The van der Waals surface area contributed by atoms with Crippen LogP contribution in [0.15, 0.2) is 35.3 Å². The van der Waals surface area contributed by atoms with Crippen molar-refractivity contribution in [2.75, 3.05) is 0 Å². The Bertz CT molecular complexity index is 573. The molecule has 0 saturated heterocycles. The number of hydrogen-bond donors (Lipinski definition) is 1. The van der Waals surface area contributed by atoms with Crippen LogP contribution >= 0.6 is 0 Å². The quantitative estimate of drug-likeness (QED) is 0.865. The smallest absolute Gasteiger partial charge is 0.303 e. The normalized spacial score (nSPS) is 10.8. The van der Waals surface area contributed by atoms with Crippen LogP contribution in [-0.4, -0.2) is 9.97 Å². The predicted molar refractivity (Wildman–Crippen MR) is 64.3 cm³/mol. The van der Waals surface area contributed by atoms with E-state index in [1.807, 2.05) is 12.1 Å². The predicted octanol–water partition coefficient (Wildman–Crippen LogP) is 2.70. The van der Waals surface area contributed by atoms with Crippen molar-refractivity contribution in [1.29, 1.82) is 0 Å². The lowest BCUT2D eigenvalue weighted by atomic mass is 10.0. The molecule has 1 N–H and O–H groups in total. The van der Waals surface area contributed by atoms with Gasteiger partial charge in [0.1, 0.15) is 0 Å². The van der Waals surface area contributed by atoms with E-state index in [2.05, 4.69) is 23.8 Å². The largest absolute Gasteiger partial charge is 0.345 e. The molecule has 0 radical (unpaired) electrons. The van der Waals surface area contributed by atoms with Crippen molar-refractivity contribution in [1.82, 2.24) is 9.97 Å². The fourth-order valence-corrected chi connectivity index (χ4v) is 1.62. The molecule has 0 amide bonds. The van der Waals surface area contributed by atoms with Crippen LogP contribution < -0.4 is 5.69 Å². The Morgan fingerprint density at radius 1 is 1.24 bits per heavy atom. The Kier molecular flexibility index (Phi) is 3.04. The maximum absolute atomic E-state index is 13.5. The van der Waals surface area contributed by atoms with Crippen LogP contribution in [-0.2, 0) is 0 Å². The van der Waals surface area contributed by atoms with Gasteiger partial charge in [-0.05, 0) is 11.5 Å². The second-order valence-corrected chi connectivity index (χ2v) is 4.19. The Morgan fingerprint density at radius 3 is 2.47 bits per heavy atom. The molecule has 1 heterocycles. The van der Waals surface area contributed by atoms with Gasteiger partial charge in [-0.1, -0.05) is 38.1 Å². The van der Waals surface area contributed by atoms with E-state index >= 15 is 0 Å². The number of hydrogen-bond acceptors (Lipinski definition) is 2. The molecule has 0 fully saturated rings. The Morgan fingerprint density at radius 2 is 1.88 bits per heavy atom. The number of benzene rings is 1. The van der Waals surface area contributed by atoms with Crippen LogP contribution in [0.3, 0.4) is 0 Å². The summed E-state index contributed by atoms with van der Waals surface area (Å²) in [6.45, 7) is 4.17. The van der Waals surface area contributed by atoms with Gasteiger partial charge in [-0.3, -0.25) is 0 Å². The lowest BCUT2D eigenvalue weighted by Crippen LogP contribution is -2.11. The third-order valence-electron chi connectivity index (χ3n) is 2.63. The maximum Gasteiger partial charge on any atom is 0.345 e. The van der Waals surface area contributed by atoms with E-state index in [0.717, 1.165) is 6.20 Å². The molecule has 1 aromatic heterocycles. The van der Waals surface area contributed by atoms with Gasteiger partial charge in [-0.15, -0.1) is 0 Å². The number of H-pyrrole nitrogens is 1. The molecule has 0 unspecified atom stereocenters. The molecular formula is C13H13FN2O. The second-order valence-electron chi connectivity index (χ2n) is 4.19. The highest BCUT2D eigenvalue weighted by Crippen LogP contribution is 2.21. The zero-order chi connectivity index (χ0) is 12.4. The van der Waals surface area contributed by atoms with E-state index < -0.39 is 11.5 Å². The highest BCUT2D eigenvalue weighted by atomic mass is 19.1. The molecule has 2 rings (SSSR count).